The number of hydrogen-bond donors (Lipinski definition) is 1. The molecule has 1 rings (SSSR count). The largest absolute Gasteiger partial charge is 0.478 e. The Morgan fingerprint density at radius 3 is 2.42 bits per heavy atom. The molecule has 0 bridgehead atoms. The third-order valence-corrected chi connectivity index (χ3v) is 2.91. The first-order valence-electron chi connectivity index (χ1n) is 7.72. The predicted octanol–water partition coefficient (Wildman–Crippen LogP) is 2.67. The van der Waals surface area contributed by atoms with Crippen molar-refractivity contribution in [3.63, 3.8) is 0 Å². The topological polar surface area (TPSA) is 117 Å². The molecule has 0 aliphatic heterocycles. The molecule has 1 aromatic carbocycles. The molecule has 0 fully saturated rings. The monoisotopic (exact) mass is 372 g/mol. The SMILES string of the molecule is CCOC(=O)COc1cc([N+](=O)[O-])c(C(=O)OC(C)(C)C)c(NC)c1F. The molecular weight excluding hydrogens is 351 g/mol. The molecule has 0 radical (unpaired) electrons. The van der Waals surface area contributed by atoms with Crippen molar-refractivity contribution in [1.29, 1.82) is 0 Å². The summed E-state index contributed by atoms with van der Waals surface area (Å²) in [5, 5.41) is 13.8. The van der Waals surface area contributed by atoms with Crippen LogP contribution in [0.2, 0.25) is 0 Å². The maximum absolute atomic E-state index is 14.6. The van der Waals surface area contributed by atoms with E-state index in [1.54, 1.807) is 27.7 Å². The van der Waals surface area contributed by atoms with E-state index in [9.17, 15) is 24.1 Å². The van der Waals surface area contributed by atoms with Crippen LogP contribution in [0.1, 0.15) is 38.1 Å². The highest BCUT2D eigenvalue weighted by atomic mass is 19.1. The second-order valence-electron chi connectivity index (χ2n) is 6.06. The van der Waals surface area contributed by atoms with E-state index >= 15 is 0 Å². The summed E-state index contributed by atoms with van der Waals surface area (Å²) in [6.45, 7) is 5.76. The van der Waals surface area contributed by atoms with Crippen molar-refractivity contribution >= 4 is 23.3 Å². The van der Waals surface area contributed by atoms with Gasteiger partial charge in [-0.2, -0.15) is 0 Å². The minimum atomic E-state index is -1.07. The van der Waals surface area contributed by atoms with Gasteiger partial charge in [-0.1, -0.05) is 0 Å². The average molecular weight is 372 g/mol. The standard InChI is InChI=1S/C16H21FN2O7/c1-6-24-11(20)8-25-10-7-9(19(22)23)12(14(18-5)13(10)17)15(21)26-16(2,3)4/h7,18H,6,8H2,1-5H3. The summed E-state index contributed by atoms with van der Waals surface area (Å²) in [5.74, 6) is -3.47. The van der Waals surface area contributed by atoms with Crippen molar-refractivity contribution in [3.8, 4) is 5.75 Å². The normalized spacial score (nSPS) is 10.8. The van der Waals surface area contributed by atoms with Gasteiger partial charge in [0.15, 0.2) is 23.7 Å². The number of hydrogen-bond acceptors (Lipinski definition) is 8. The number of carbonyl (C=O) groups is 2. The quantitative estimate of drug-likeness (QED) is 0.441. The Bertz CT molecular complexity index is 714. The van der Waals surface area contributed by atoms with Crippen LogP contribution in [-0.4, -0.2) is 42.7 Å². The summed E-state index contributed by atoms with van der Waals surface area (Å²) in [7, 11) is 1.28. The number of ether oxygens (including phenoxy) is 3. The van der Waals surface area contributed by atoms with Crippen LogP contribution in [-0.2, 0) is 14.3 Å². The van der Waals surface area contributed by atoms with Gasteiger partial charge >= 0.3 is 11.9 Å². The lowest BCUT2D eigenvalue weighted by Gasteiger charge is -2.21. The highest BCUT2D eigenvalue weighted by molar-refractivity contribution is 6.01. The van der Waals surface area contributed by atoms with Gasteiger partial charge in [-0.25, -0.2) is 14.0 Å². The van der Waals surface area contributed by atoms with E-state index in [-0.39, 0.29) is 6.61 Å². The van der Waals surface area contributed by atoms with Crippen LogP contribution in [0.5, 0.6) is 5.75 Å². The molecule has 0 spiro atoms. The number of anilines is 1. The predicted molar refractivity (Wildman–Crippen MR) is 89.9 cm³/mol. The molecule has 1 N–H and O–H groups in total. The van der Waals surface area contributed by atoms with Crippen LogP contribution in [0.4, 0.5) is 15.8 Å². The highest BCUT2D eigenvalue weighted by Gasteiger charge is 2.33. The first kappa shape index (κ1) is 21.1. The molecular formula is C16H21FN2O7. The lowest BCUT2D eigenvalue weighted by atomic mass is 10.1. The summed E-state index contributed by atoms with van der Waals surface area (Å²) in [5.41, 5.74) is -2.70. The van der Waals surface area contributed by atoms with Gasteiger partial charge in [0.1, 0.15) is 5.60 Å². The number of benzene rings is 1. The van der Waals surface area contributed by atoms with Gasteiger partial charge in [0.25, 0.3) is 5.69 Å². The first-order chi connectivity index (χ1) is 12.0. The van der Waals surface area contributed by atoms with Crippen LogP contribution >= 0.6 is 0 Å². The highest BCUT2D eigenvalue weighted by Crippen LogP contribution is 2.37. The van der Waals surface area contributed by atoms with Crippen LogP contribution in [0.25, 0.3) is 0 Å². The average Bonchev–Trinajstić information content (AvgIpc) is 2.51. The molecule has 9 nitrogen and oxygen atoms in total. The van der Waals surface area contributed by atoms with Gasteiger partial charge in [-0.05, 0) is 27.7 Å². The van der Waals surface area contributed by atoms with Crippen molar-refractivity contribution in [3.05, 3.63) is 27.6 Å². The zero-order valence-corrected chi connectivity index (χ0v) is 15.2. The molecule has 26 heavy (non-hydrogen) atoms. The van der Waals surface area contributed by atoms with Crippen LogP contribution in [0.15, 0.2) is 6.07 Å². The minimum absolute atomic E-state index is 0.101. The molecule has 0 aliphatic rings. The van der Waals surface area contributed by atoms with Crippen molar-refractivity contribution in [2.45, 2.75) is 33.3 Å². The molecule has 0 atom stereocenters. The Hall–Kier alpha value is -2.91. The minimum Gasteiger partial charge on any atom is -0.478 e. The summed E-state index contributed by atoms with van der Waals surface area (Å²) < 4.78 is 29.4. The van der Waals surface area contributed by atoms with E-state index < -0.39 is 57.6 Å². The van der Waals surface area contributed by atoms with Crippen molar-refractivity contribution in [1.82, 2.24) is 0 Å². The van der Waals surface area contributed by atoms with Crippen molar-refractivity contribution < 1.29 is 33.1 Å². The Balaban J connectivity index is 3.39. The second kappa shape index (κ2) is 8.45. The number of halogens is 1. The molecule has 0 heterocycles. The molecule has 144 valence electrons. The van der Waals surface area contributed by atoms with E-state index in [0.29, 0.717) is 0 Å². The summed E-state index contributed by atoms with van der Waals surface area (Å²) >= 11 is 0. The maximum Gasteiger partial charge on any atom is 0.347 e. The number of carbonyl (C=O) groups excluding carboxylic acids is 2. The van der Waals surface area contributed by atoms with Crippen LogP contribution in [0, 0.1) is 15.9 Å². The van der Waals surface area contributed by atoms with Gasteiger partial charge in [0, 0.05) is 7.05 Å². The fraction of sp³-hybridized carbons (Fsp3) is 0.500. The van der Waals surface area contributed by atoms with Gasteiger partial charge < -0.3 is 19.5 Å². The molecule has 0 saturated carbocycles. The zero-order chi connectivity index (χ0) is 20.1. The number of nitrogens with one attached hydrogen (secondary N) is 1. The first-order valence-corrected chi connectivity index (χ1v) is 7.72. The zero-order valence-electron chi connectivity index (χ0n) is 15.2. The van der Waals surface area contributed by atoms with Crippen molar-refractivity contribution in [2.75, 3.05) is 25.6 Å². The molecule has 1 aromatic rings. The van der Waals surface area contributed by atoms with E-state index in [1.807, 2.05) is 0 Å². The van der Waals surface area contributed by atoms with Gasteiger partial charge in [0.2, 0.25) is 0 Å². The number of nitrogens with zero attached hydrogens (tertiary/aromatic N) is 1. The summed E-state index contributed by atoms with van der Waals surface area (Å²) in [6.07, 6.45) is 0. The number of nitro groups is 1. The van der Waals surface area contributed by atoms with E-state index in [1.165, 1.54) is 7.05 Å². The molecule has 0 amide bonds. The summed E-state index contributed by atoms with van der Waals surface area (Å²) in [6, 6.07) is 0.731. The third kappa shape index (κ3) is 5.30. The fourth-order valence-corrected chi connectivity index (χ4v) is 1.98. The lowest BCUT2D eigenvalue weighted by molar-refractivity contribution is -0.385. The van der Waals surface area contributed by atoms with E-state index in [2.05, 4.69) is 10.1 Å². The van der Waals surface area contributed by atoms with E-state index in [4.69, 9.17) is 9.47 Å². The van der Waals surface area contributed by atoms with Crippen molar-refractivity contribution in [2.24, 2.45) is 0 Å². The second-order valence-corrected chi connectivity index (χ2v) is 6.06. The molecule has 0 unspecified atom stereocenters. The Morgan fingerprint density at radius 1 is 1.35 bits per heavy atom. The Labute approximate surface area is 149 Å². The fourth-order valence-electron chi connectivity index (χ4n) is 1.98. The smallest absolute Gasteiger partial charge is 0.347 e. The number of nitro benzene ring substituents is 1. The molecule has 0 aromatic heterocycles. The summed E-state index contributed by atoms with van der Waals surface area (Å²) in [4.78, 5) is 34.2. The Kier molecular flexibility index (Phi) is 6.87. The van der Waals surface area contributed by atoms with Gasteiger partial charge in [0.05, 0.1) is 23.3 Å². The maximum atomic E-state index is 14.6. The number of esters is 2. The lowest BCUT2D eigenvalue weighted by Crippen LogP contribution is -2.25. The molecule has 10 heteroatoms. The Morgan fingerprint density at radius 2 is 1.96 bits per heavy atom. The van der Waals surface area contributed by atoms with E-state index in [0.717, 1.165) is 6.07 Å². The molecule has 0 saturated heterocycles. The van der Waals surface area contributed by atoms with Crippen LogP contribution < -0.4 is 10.1 Å². The number of rotatable bonds is 7. The van der Waals surface area contributed by atoms with Gasteiger partial charge in [-0.15, -0.1) is 0 Å². The molecule has 0 aliphatic carbocycles. The third-order valence-electron chi connectivity index (χ3n) is 2.91. The van der Waals surface area contributed by atoms with Gasteiger partial charge in [-0.3, -0.25) is 10.1 Å². The van der Waals surface area contributed by atoms with Crippen LogP contribution in [0.3, 0.4) is 0 Å².